The van der Waals surface area contributed by atoms with E-state index in [9.17, 15) is 0 Å². The van der Waals surface area contributed by atoms with Gasteiger partial charge >= 0.3 is 0 Å². The molecule has 2 rings (SSSR count). The first kappa shape index (κ1) is 13.2. The third kappa shape index (κ3) is 2.94. The van der Waals surface area contributed by atoms with Crippen LogP contribution in [0.5, 0.6) is 11.5 Å². The fraction of sp³-hybridized carbons (Fsp3) is 0.571. The topological polar surface area (TPSA) is 53.7 Å². The van der Waals surface area contributed by atoms with Crippen LogP contribution in [0.4, 0.5) is 0 Å². The predicted octanol–water partition coefficient (Wildman–Crippen LogP) is 2.13. The molecule has 1 heterocycles. The molecule has 0 radical (unpaired) electrons. The Balaban J connectivity index is 2.10. The van der Waals surface area contributed by atoms with Gasteiger partial charge < -0.3 is 19.9 Å². The van der Waals surface area contributed by atoms with Crippen molar-refractivity contribution in [3.63, 3.8) is 0 Å². The number of hydrogen-bond donors (Lipinski definition) is 1. The van der Waals surface area contributed by atoms with E-state index in [1.807, 2.05) is 25.1 Å². The first-order valence-electron chi connectivity index (χ1n) is 6.35. The van der Waals surface area contributed by atoms with E-state index >= 15 is 0 Å². The maximum Gasteiger partial charge on any atom is 0.127 e. The Morgan fingerprint density at radius 2 is 2.22 bits per heavy atom. The molecule has 0 saturated carbocycles. The lowest BCUT2D eigenvalue weighted by Crippen LogP contribution is -2.15. The van der Waals surface area contributed by atoms with Crippen molar-refractivity contribution >= 4 is 0 Å². The second kappa shape index (κ2) is 6.07. The molecule has 1 aliphatic rings. The number of ether oxygens (including phenoxy) is 3. The Morgan fingerprint density at radius 1 is 1.44 bits per heavy atom. The molecule has 1 fully saturated rings. The highest BCUT2D eigenvalue weighted by Crippen LogP contribution is 2.33. The molecule has 0 spiro atoms. The SMILES string of the molecule is COc1cccc(OCC2CCOC2)c1[C@@H](C)N. The van der Waals surface area contributed by atoms with Gasteiger partial charge in [-0.1, -0.05) is 6.07 Å². The van der Waals surface area contributed by atoms with Crippen LogP contribution in [0, 0.1) is 5.92 Å². The van der Waals surface area contributed by atoms with Crippen LogP contribution in [-0.2, 0) is 4.74 Å². The predicted molar refractivity (Wildman–Crippen MR) is 70.0 cm³/mol. The van der Waals surface area contributed by atoms with Gasteiger partial charge in [0, 0.05) is 18.6 Å². The van der Waals surface area contributed by atoms with Crippen molar-refractivity contribution in [3.8, 4) is 11.5 Å². The zero-order valence-corrected chi connectivity index (χ0v) is 11.0. The summed E-state index contributed by atoms with van der Waals surface area (Å²) in [5.74, 6) is 2.08. The molecule has 1 aromatic carbocycles. The molecule has 0 aromatic heterocycles. The number of rotatable bonds is 5. The Kier molecular flexibility index (Phi) is 4.44. The fourth-order valence-electron chi connectivity index (χ4n) is 2.20. The number of methoxy groups -OCH3 is 1. The molecule has 100 valence electrons. The van der Waals surface area contributed by atoms with Crippen LogP contribution in [0.15, 0.2) is 18.2 Å². The number of benzene rings is 1. The van der Waals surface area contributed by atoms with Crippen LogP contribution in [0.2, 0.25) is 0 Å². The van der Waals surface area contributed by atoms with Gasteiger partial charge in [-0.15, -0.1) is 0 Å². The van der Waals surface area contributed by atoms with Crippen molar-refractivity contribution in [2.75, 3.05) is 26.9 Å². The average molecular weight is 251 g/mol. The van der Waals surface area contributed by atoms with Crippen LogP contribution in [-0.4, -0.2) is 26.9 Å². The zero-order chi connectivity index (χ0) is 13.0. The van der Waals surface area contributed by atoms with Gasteiger partial charge in [0.15, 0.2) is 0 Å². The third-order valence-electron chi connectivity index (χ3n) is 3.20. The van der Waals surface area contributed by atoms with Crippen molar-refractivity contribution in [2.24, 2.45) is 11.7 Å². The highest BCUT2D eigenvalue weighted by atomic mass is 16.5. The van der Waals surface area contributed by atoms with Crippen molar-refractivity contribution in [3.05, 3.63) is 23.8 Å². The largest absolute Gasteiger partial charge is 0.496 e. The molecule has 2 atom stereocenters. The van der Waals surface area contributed by atoms with E-state index in [2.05, 4.69) is 0 Å². The standard InChI is InChI=1S/C14H21NO3/c1-10(15)14-12(16-2)4-3-5-13(14)18-9-11-6-7-17-8-11/h3-5,10-11H,6-9,15H2,1-2H3/t10-,11?/m1/s1. The molecule has 4 nitrogen and oxygen atoms in total. The van der Waals surface area contributed by atoms with Gasteiger partial charge in [0.05, 0.1) is 25.9 Å². The minimum Gasteiger partial charge on any atom is -0.496 e. The quantitative estimate of drug-likeness (QED) is 0.871. The Morgan fingerprint density at radius 3 is 2.83 bits per heavy atom. The number of nitrogens with two attached hydrogens (primary N) is 1. The second-order valence-corrected chi connectivity index (χ2v) is 4.70. The molecule has 1 aromatic rings. The highest BCUT2D eigenvalue weighted by Gasteiger charge is 2.19. The Labute approximate surface area is 108 Å². The summed E-state index contributed by atoms with van der Waals surface area (Å²) in [4.78, 5) is 0. The average Bonchev–Trinajstić information content (AvgIpc) is 2.88. The molecule has 1 unspecified atom stereocenters. The molecule has 0 amide bonds. The summed E-state index contributed by atoms with van der Waals surface area (Å²) in [7, 11) is 1.65. The van der Waals surface area contributed by atoms with E-state index in [4.69, 9.17) is 19.9 Å². The minimum absolute atomic E-state index is 0.115. The Hall–Kier alpha value is -1.26. The minimum atomic E-state index is -0.115. The molecule has 2 N–H and O–H groups in total. The smallest absolute Gasteiger partial charge is 0.127 e. The maximum atomic E-state index is 5.99. The van der Waals surface area contributed by atoms with Crippen molar-refractivity contribution in [1.29, 1.82) is 0 Å². The van der Waals surface area contributed by atoms with Gasteiger partial charge in [0.25, 0.3) is 0 Å². The van der Waals surface area contributed by atoms with Gasteiger partial charge in [-0.2, -0.15) is 0 Å². The van der Waals surface area contributed by atoms with Crippen molar-refractivity contribution in [1.82, 2.24) is 0 Å². The monoisotopic (exact) mass is 251 g/mol. The van der Waals surface area contributed by atoms with E-state index in [1.165, 1.54) is 0 Å². The molecular weight excluding hydrogens is 230 g/mol. The first-order chi connectivity index (χ1) is 8.72. The van der Waals surface area contributed by atoms with Gasteiger partial charge in [-0.25, -0.2) is 0 Å². The van der Waals surface area contributed by atoms with E-state index in [-0.39, 0.29) is 6.04 Å². The number of hydrogen-bond acceptors (Lipinski definition) is 4. The summed E-state index contributed by atoms with van der Waals surface area (Å²) in [5.41, 5.74) is 6.92. The van der Waals surface area contributed by atoms with Gasteiger partial charge in [-0.05, 0) is 25.5 Å². The van der Waals surface area contributed by atoms with Gasteiger partial charge in [0.2, 0.25) is 0 Å². The van der Waals surface area contributed by atoms with Gasteiger partial charge in [-0.3, -0.25) is 0 Å². The van der Waals surface area contributed by atoms with E-state index in [1.54, 1.807) is 7.11 Å². The van der Waals surface area contributed by atoms with Crippen LogP contribution >= 0.6 is 0 Å². The normalized spacial score (nSPS) is 20.7. The molecule has 0 bridgehead atoms. The lowest BCUT2D eigenvalue weighted by atomic mass is 10.1. The summed E-state index contributed by atoms with van der Waals surface area (Å²) in [6, 6.07) is 5.66. The summed E-state index contributed by atoms with van der Waals surface area (Å²) in [5, 5.41) is 0. The lowest BCUT2D eigenvalue weighted by molar-refractivity contribution is 0.166. The maximum absolute atomic E-state index is 5.99. The van der Waals surface area contributed by atoms with E-state index < -0.39 is 0 Å². The second-order valence-electron chi connectivity index (χ2n) is 4.70. The van der Waals surface area contributed by atoms with Crippen LogP contribution in [0.3, 0.4) is 0 Å². The van der Waals surface area contributed by atoms with Crippen LogP contribution in [0.1, 0.15) is 24.9 Å². The van der Waals surface area contributed by atoms with Crippen molar-refractivity contribution in [2.45, 2.75) is 19.4 Å². The molecular formula is C14H21NO3. The third-order valence-corrected chi connectivity index (χ3v) is 3.20. The zero-order valence-electron chi connectivity index (χ0n) is 11.0. The molecule has 0 aliphatic carbocycles. The van der Waals surface area contributed by atoms with Gasteiger partial charge in [0.1, 0.15) is 11.5 Å². The van der Waals surface area contributed by atoms with Crippen LogP contribution in [0.25, 0.3) is 0 Å². The summed E-state index contributed by atoms with van der Waals surface area (Å²) in [6.45, 7) is 4.24. The fourth-order valence-corrected chi connectivity index (χ4v) is 2.20. The molecule has 1 saturated heterocycles. The molecule has 18 heavy (non-hydrogen) atoms. The van der Waals surface area contributed by atoms with Crippen molar-refractivity contribution < 1.29 is 14.2 Å². The van der Waals surface area contributed by atoms with E-state index in [0.717, 1.165) is 36.7 Å². The molecule has 4 heteroatoms. The summed E-state index contributed by atoms with van der Waals surface area (Å²) in [6.07, 6.45) is 1.07. The lowest BCUT2D eigenvalue weighted by Gasteiger charge is -2.18. The Bertz CT molecular complexity index is 387. The highest BCUT2D eigenvalue weighted by molar-refractivity contribution is 5.46. The summed E-state index contributed by atoms with van der Waals surface area (Å²) < 4.78 is 16.6. The first-order valence-corrected chi connectivity index (χ1v) is 6.35. The van der Waals surface area contributed by atoms with E-state index in [0.29, 0.717) is 12.5 Å². The summed E-state index contributed by atoms with van der Waals surface area (Å²) >= 11 is 0. The molecule has 1 aliphatic heterocycles. The van der Waals surface area contributed by atoms with Crippen LogP contribution < -0.4 is 15.2 Å².